The van der Waals surface area contributed by atoms with Gasteiger partial charge in [-0.3, -0.25) is 9.78 Å². The molecule has 4 aromatic rings. The summed E-state index contributed by atoms with van der Waals surface area (Å²) in [5.74, 6) is 2.05. The molecule has 1 N–H and O–H groups in total. The summed E-state index contributed by atoms with van der Waals surface area (Å²) in [6.45, 7) is 7.34. The maximum absolute atomic E-state index is 12.9. The molecule has 2 aromatic heterocycles. The van der Waals surface area contributed by atoms with E-state index < -0.39 is 0 Å². The third-order valence-corrected chi connectivity index (χ3v) is 8.63. The van der Waals surface area contributed by atoms with Crippen molar-refractivity contribution < 1.29 is 4.79 Å². The van der Waals surface area contributed by atoms with E-state index >= 15 is 0 Å². The van der Waals surface area contributed by atoms with Gasteiger partial charge in [-0.2, -0.15) is 0 Å². The van der Waals surface area contributed by atoms with E-state index in [1.165, 1.54) is 24.0 Å². The van der Waals surface area contributed by atoms with Gasteiger partial charge in [-0.15, -0.1) is 0 Å². The number of thioether (sulfide) groups is 1. The van der Waals surface area contributed by atoms with Gasteiger partial charge >= 0.3 is 0 Å². The molecule has 0 aliphatic heterocycles. The molecule has 1 aliphatic rings. The van der Waals surface area contributed by atoms with Crippen molar-refractivity contribution in [2.24, 2.45) is 11.8 Å². The Morgan fingerprint density at radius 3 is 2.56 bits per heavy atom. The standard InChI is InChI=1S/C30H34N4OS/c1-20-7-9-24(10-8-20)19-36-30-33-27-15-16-31-17-28(27)34(30)18-23-11-13-25(14-12-23)29(35)32-26-6-4-5-21(2)22(26)3/h7-17,21-22,26H,4-6,18-19H2,1-3H3,(H,32,35)/t21-,22+,26+/m0/s1. The van der Waals surface area contributed by atoms with Crippen LogP contribution in [0.2, 0.25) is 0 Å². The van der Waals surface area contributed by atoms with Gasteiger partial charge in [-0.05, 0) is 54.5 Å². The minimum atomic E-state index is 0.0270. The average Bonchev–Trinajstić information content (AvgIpc) is 3.24. The summed E-state index contributed by atoms with van der Waals surface area (Å²) < 4.78 is 2.22. The maximum Gasteiger partial charge on any atom is 0.251 e. The normalized spacial score (nSPS) is 19.9. The number of imidazole rings is 1. The Balaban J connectivity index is 1.31. The topological polar surface area (TPSA) is 59.8 Å². The van der Waals surface area contributed by atoms with E-state index in [-0.39, 0.29) is 11.9 Å². The van der Waals surface area contributed by atoms with E-state index in [0.29, 0.717) is 18.4 Å². The molecule has 0 unspecified atom stereocenters. The van der Waals surface area contributed by atoms with Gasteiger partial charge in [0, 0.05) is 23.6 Å². The van der Waals surface area contributed by atoms with Crippen LogP contribution >= 0.6 is 11.8 Å². The molecule has 1 saturated carbocycles. The van der Waals surface area contributed by atoms with Crippen molar-refractivity contribution in [3.05, 3.63) is 89.2 Å². The number of hydrogen-bond donors (Lipinski definition) is 1. The number of aryl methyl sites for hydroxylation is 1. The van der Waals surface area contributed by atoms with E-state index in [1.807, 2.05) is 24.4 Å². The minimum absolute atomic E-state index is 0.0270. The molecular formula is C30H34N4OS. The van der Waals surface area contributed by atoms with Crippen molar-refractivity contribution in [2.45, 2.75) is 63.5 Å². The predicted octanol–water partition coefficient (Wildman–Crippen LogP) is 6.63. The Morgan fingerprint density at radius 1 is 1.03 bits per heavy atom. The number of rotatable bonds is 7. The van der Waals surface area contributed by atoms with Crippen LogP contribution in [0.4, 0.5) is 0 Å². The van der Waals surface area contributed by atoms with Gasteiger partial charge in [0.15, 0.2) is 5.16 Å². The zero-order valence-corrected chi connectivity index (χ0v) is 22.1. The van der Waals surface area contributed by atoms with Gasteiger partial charge in [-0.25, -0.2) is 4.98 Å². The number of amides is 1. The lowest BCUT2D eigenvalue weighted by molar-refractivity contribution is 0.0891. The number of nitrogens with one attached hydrogen (secondary N) is 1. The molecule has 3 atom stereocenters. The quantitative estimate of drug-likeness (QED) is 0.290. The first-order valence-electron chi connectivity index (χ1n) is 12.9. The molecule has 0 radical (unpaired) electrons. The van der Waals surface area contributed by atoms with E-state index in [9.17, 15) is 4.79 Å². The van der Waals surface area contributed by atoms with Crippen LogP contribution in [0.15, 0.2) is 72.1 Å². The fraction of sp³-hybridized carbons (Fsp3) is 0.367. The van der Waals surface area contributed by atoms with Crippen molar-refractivity contribution in [1.82, 2.24) is 19.9 Å². The molecule has 1 fully saturated rings. The number of hydrogen-bond acceptors (Lipinski definition) is 4. The molecule has 186 valence electrons. The Hall–Kier alpha value is -3.12. The number of carbonyl (C=O) groups excluding carboxylic acids is 1. The van der Waals surface area contributed by atoms with E-state index in [4.69, 9.17) is 4.98 Å². The average molecular weight is 499 g/mol. The number of aromatic nitrogens is 3. The number of carbonyl (C=O) groups is 1. The monoisotopic (exact) mass is 498 g/mol. The van der Waals surface area contributed by atoms with Gasteiger partial charge in [0.25, 0.3) is 5.91 Å². The first-order chi connectivity index (χ1) is 17.5. The van der Waals surface area contributed by atoms with Crippen molar-refractivity contribution >= 4 is 28.7 Å². The third-order valence-electron chi connectivity index (χ3n) is 7.58. The molecular weight excluding hydrogens is 464 g/mol. The Bertz CT molecular complexity index is 1330. The van der Waals surface area contributed by atoms with Gasteiger partial charge in [0.05, 0.1) is 23.8 Å². The number of benzene rings is 2. The first-order valence-corrected chi connectivity index (χ1v) is 13.8. The van der Waals surface area contributed by atoms with Crippen molar-refractivity contribution in [3.8, 4) is 0 Å². The summed E-state index contributed by atoms with van der Waals surface area (Å²) in [5, 5.41) is 4.26. The number of fused-ring (bicyclic) bond motifs is 1. The summed E-state index contributed by atoms with van der Waals surface area (Å²) in [7, 11) is 0. The lowest BCUT2D eigenvalue weighted by Crippen LogP contribution is -2.43. The molecule has 0 spiro atoms. The summed E-state index contributed by atoms with van der Waals surface area (Å²) in [4.78, 5) is 22.2. The molecule has 1 aliphatic carbocycles. The largest absolute Gasteiger partial charge is 0.349 e. The lowest BCUT2D eigenvalue weighted by atomic mass is 9.78. The maximum atomic E-state index is 12.9. The van der Waals surface area contributed by atoms with Crippen molar-refractivity contribution in [3.63, 3.8) is 0 Å². The third kappa shape index (κ3) is 5.49. The second kappa shape index (κ2) is 10.9. The summed E-state index contributed by atoms with van der Waals surface area (Å²) in [6.07, 6.45) is 7.18. The van der Waals surface area contributed by atoms with Crippen LogP contribution in [0.1, 0.15) is 60.2 Å². The van der Waals surface area contributed by atoms with Crippen LogP contribution in [0.25, 0.3) is 11.0 Å². The number of nitrogens with zero attached hydrogens (tertiary/aromatic N) is 3. The van der Waals surface area contributed by atoms with E-state index in [1.54, 1.807) is 18.0 Å². The van der Waals surface area contributed by atoms with Crippen molar-refractivity contribution in [1.29, 1.82) is 0 Å². The van der Waals surface area contributed by atoms with Crippen LogP contribution in [0, 0.1) is 18.8 Å². The fourth-order valence-electron chi connectivity index (χ4n) is 5.02. The Labute approximate surface area is 217 Å². The van der Waals surface area contributed by atoms with E-state index in [2.05, 4.69) is 72.0 Å². The molecule has 2 heterocycles. The molecule has 0 bridgehead atoms. The van der Waals surface area contributed by atoms with E-state index in [0.717, 1.165) is 39.5 Å². The minimum Gasteiger partial charge on any atom is -0.349 e. The number of pyridine rings is 1. The smallest absolute Gasteiger partial charge is 0.251 e. The van der Waals surface area contributed by atoms with Crippen LogP contribution in [-0.2, 0) is 12.3 Å². The first kappa shape index (κ1) is 24.6. The van der Waals surface area contributed by atoms with Crippen molar-refractivity contribution in [2.75, 3.05) is 0 Å². The van der Waals surface area contributed by atoms with Crippen LogP contribution < -0.4 is 5.32 Å². The zero-order chi connectivity index (χ0) is 25.1. The predicted molar refractivity (Wildman–Crippen MR) is 147 cm³/mol. The molecule has 0 saturated heterocycles. The fourth-order valence-corrected chi connectivity index (χ4v) is 5.99. The second-order valence-corrected chi connectivity index (χ2v) is 11.1. The highest BCUT2D eigenvalue weighted by atomic mass is 32.2. The Morgan fingerprint density at radius 2 is 1.78 bits per heavy atom. The van der Waals surface area contributed by atoms with Crippen LogP contribution in [-0.4, -0.2) is 26.5 Å². The second-order valence-electron chi connectivity index (χ2n) is 10.2. The van der Waals surface area contributed by atoms with Crippen LogP contribution in [0.3, 0.4) is 0 Å². The van der Waals surface area contributed by atoms with Crippen LogP contribution in [0.5, 0.6) is 0 Å². The summed E-state index contributed by atoms with van der Waals surface area (Å²) in [6, 6.07) is 18.9. The highest BCUT2D eigenvalue weighted by Crippen LogP contribution is 2.30. The molecule has 6 heteroatoms. The Kier molecular flexibility index (Phi) is 7.42. The van der Waals surface area contributed by atoms with Gasteiger partial charge in [0.2, 0.25) is 0 Å². The molecule has 5 rings (SSSR count). The van der Waals surface area contributed by atoms with Gasteiger partial charge < -0.3 is 9.88 Å². The highest BCUT2D eigenvalue weighted by Gasteiger charge is 2.28. The highest BCUT2D eigenvalue weighted by molar-refractivity contribution is 7.98. The van der Waals surface area contributed by atoms with Gasteiger partial charge in [-0.1, -0.05) is 80.4 Å². The zero-order valence-electron chi connectivity index (χ0n) is 21.3. The molecule has 5 nitrogen and oxygen atoms in total. The molecule has 2 aromatic carbocycles. The molecule has 36 heavy (non-hydrogen) atoms. The summed E-state index contributed by atoms with van der Waals surface area (Å²) in [5.41, 5.74) is 6.36. The molecule has 1 amide bonds. The lowest BCUT2D eigenvalue weighted by Gasteiger charge is -2.34. The van der Waals surface area contributed by atoms with Gasteiger partial charge in [0.1, 0.15) is 0 Å². The SMILES string of the molecule is Cc1ccc(CSc2nc3ccncc3n2Cc2ccc(C(=O)N[C@@H]3CCC[C@H](C)[C@H]3C)cc2)cc1. The summed E-state index contributed by atoms with van der Waals surface area (Å²) >= 11 is 1.74.